The Kier molecular flexibility index (Phi) is 2.84. The zero-order valence-corrected chi connectivity index (χ0v) is 10.9. The first-order valence-corrected chi connectivity index (χ1v) is 6.12. The van der Waals surface area contributed by atoms with Crippen LogP contribution in [-0.2, 0) is 0 Å². The number of rotatable bonds is 2. The van der Waals surface area contributed by atoms with Crippen molar-refractivity contribution in [2.45, 2.75) is 0 Å². The van der Waals surface area contributed by atoms with E-state index in [9.17, 15) is 9.90 Å². The molecule has 1 heterocycles. The first-order valence-electron chi connectivity index (χ1n) is 5.74. The monoisotopic (exact) mass is 288 g/mol. The van der Waals surface area contributed by atoms with Crippen LogP contribution in [0.3, 0.4) is 0 Å². The molecule has 3 aromatic rings. The second-order valence-electron chi connectivity index (χ2n) is 4.22. The number of benzene rings is 2. The van der Waals surface area contributed by atoms with Gasteiger partial charge in [0.2, 0.25) is 5.89 Å². The van der Waals surface area contributed by atoms with E-state index >= 15 is 0 Å². The van der Waals surface area contributed by atoms with Crippen molar-refractivity contribution in [2.75, 3.05) is 5.73 Å². The summed E-state index contributed by atoms with van der Waals surface area (Å²) in [5, 5.41) is 9.65. The molecule has 2 aromatic carbocycles. The van der Waals surface area contributed by atoms with Crippen molar-refractivity contribution >= 4 is 34.4 Å². The molecule has 5 nitrogen and oxygen atoms in total. The van der Waals surface area contributed by atoms with Gasteiger partial charge in [0.05, 0.1) is 10.6 Å². The maximum atomic E-state index is 11.2. The van der Waals surface area contributed by atoms with E-state index in [2.05, 4.69) is 4.98 Å². The van der Waals surface area contributed by atoms with Crippen LogP contribution in [0.4, 0.5) is 5.69 Å². The van der Waals surface area contributed by atoms with Crippen molar-refractivity contribution < 1.29 is 14.3 Å². The molecule has 0 aliphatic rings. The minimum atomic E-state index is -1.12. The number of nitrogens with two attached hydrogens (primary N) is 1. The van der Waals surface area contributed by atoms with E-state index in [0.717, 1.165) is 0 Å². The maximum Gasteiger partial charge on any atom is 0.339 e. The molecule has 0 saturated carbocycles. The number of nitrogens with zero attached hydrogens (tertiary/aromatic N) is 1. The summed E-state index contributed by atoms with van der Waals surface area (Å²) in [6.45, 7) is 0. The van der Waals surface area contributed by atoms with E-state index in [-0.39, 0.29) is 17.0 Å². The van der Waals surface area contributed by atoms with Crippen LogP contribution in [0.2, 0.25) is 5.02 Å². The molecule has 0 bridgehead atoms. The van der Waals surface area contributed by atoms with Crippen molar-refractivity contribution in [2.24, 2.45) is 0 Å². The molecule has 20 heavy (non-hydrogen) atoms. The molecular weight excluding hydrogens is 280 g/mol. The molecular formula is C14H9ClN2O3. The van der Waals surface area contributed by atoms with Gasteiger partial charge in [-0.2, -0.15) is 0 Å². The minimum absolute atomic E-state index is 0.0224. The number of hydrogen-bond acceptors (Lipinski definition) is 4. The lowest BCUT2D eigenvalue weighted by molar-refractivity contribution is 0.0698. The van der Waals surface area contributed by atoms with Crippen LogP contribution in [-0.4, -0.2) is 16.1 Å². The standard InChI is InChI=1S/C14H9ClN2O3/c15-10-4-2-1-3-8(10)13-17-11-6-7(16)5-9(14(18)19)12(11)20-13/h1-6H,16H2,(H,18,19). The molecule has 0 unspecified atom stereocenters. The van der Waals surface area contributed by atoms with Gasteiger partial charge >= 0.3 is 5.97 Å². The van der Waals surface area contributed by atoms with Crippen LogP contribution in [0.25, 0.3) is 22.6 Å². The number of aromatic carboxylic acids is 1. The Morgan fingerprint density at radius 2 is 2.05 bits per heavy atom. The number of carbonyl (C=O) groups is 1. The summed E-state index contributed by atoms with van der Waals surface area (Å²) in [5.74, 6) is -0.858. The smallest absolute Gasteiger partial charge is 0.339 e. The van der Waals surface area contributed by atoms with Gasteiger partial charge < -0.3 is 15.3 Å². The van der Waals surface area contributed by atoms with Gasteiger partial charge in [-0.1, -0.05) is 23.7 Å². The average Bonchev–Trinajstić information content (AvgIpc) is 2.81. The highest BCUT2D eigenvalue weighted by Gasteiger charge is 2.18. The summed E-state index contributed by atoms with van der Waals surface area (Å²) in [6.07, 6.45) is 0. The number of anilines is 1. The van der Waals surface area contributed by atoms with Gasteiger partial charge in [0.15, 0.2) is 5.58 Å². The fourth-order valence-electron chi connectivity index (χ4n) is 1.96. The molecule has 0 spiro atoms. The summed E-state index contributed by atoms with van der Waals surface area (Å²) >= 11 is 6.08. The van der Waals surface area contributed by atoms with Crippen LogP contribution in [0.5, 0.6) is 0 Å². The van der Waals surface area contributed by atoms with Crippen LogP contribution in [0.15, 0.2) is 40.8 Å². The van der Waals surface area contributed by atoms with Gasteiger partial charge in [-0.05, 0) is 24.3 Å². The molecule has 6 heteroatoms. The molecule has 0 aliphatic heterocycles. The van der Waals surface area contributed by atoms with E-state index in [1.54, 1.807) is 30.3 Å². The second kappa shape index (κ2) is 4.54. The minimum Gasteiger partial charge on any atom is -0.478 e. The fourth-order valence-corrected chi connectivity index (χ4v) is 2.18. The summed E-state index contributed by atoms with van der Waals surface area (Å²) in [7, 11) is 0. The first-order chi connectivity index (χ1) is 9.56. The number of fused-ring (bicyclic) bond motifs is 1. The summed E-state index contributed by atoms with van der Waals surface area (Å²) < 4.78 is 5.55. The fraction of sp³-hybridized carbons (Fsp3) is 0. The first kappa shape index (κ1) is 12.5. The van der Waals surface area contributed by atoms with Crippen molar-refractivity contribution in [1.29, 1.82) is 0 Å². The quantitative estimate of drug-likeness (QED) is 0.705. The van der Waals surface area contributed by atoms with Gasteiger partial charge in [-0.3, -0.25) is 0 Å². The lowest BCUT2D eigenvalue weighted by Crippen LogP contribution is -1.98. The number of hydrogen-bond donors (Lipinski definition) is 2. The predicted octanol–water partition coefficient (Wildman–Crippen LogP) is 3.43. The van der Waals surface area contributed by atoms with Gasteiger partial charge in [0, 0.05) is 5.69 Å². The highest BCUT2D eigenvalue weighted by molar-refractivity contribution is 6.33. The Hall–Kier alpha value is -2.53. The molecule has 0 fully saturated rings. The summed E-state index contributed by atoms with van der Waals surface area (Å²) in [5.41, 5.74) is 7.13. The Bertz CT molecular complexity index is 826. The number of oxazole rings is 1. The zero-order valence-electron chi connectivity index (χ0n) is 10.1. The van der Waals surface area contributed by atoms with Gasteiger partial charge in [0.1, 0.15) is 11.1 Å². The van der Waals surface area contributed by atoms with E-state index in [4.69, 9.17) is 21.8 Å². The second-order valence-corrected chi connectivity index (χ2v) is 4.63. The highest BCUT2D eigenvalue weighted by atomic mass is 35.5. The summed E-state index contributed by atoms with van der Waals surface area (Å²) in [6, 6.07) is 9.94. The molecule has 0 saturated heterocycles. The predicted molar refractivity (Wildman–Crippen MR) is 75.8 cm³/mol. The Morgan fingerprint density at radius 3 is 2.75 bits per heavy atom. The van der Waals surface area contributed by atoms with Crippen LogP contribution in [0, 0.1) is 0 Å². The Balaban J connectivity index is 2.28. The Morgan fingerprint density at radius 1 is 1.30 bits per heavy atom. The zero-order chi connectivity index (χ0) is 14.3. The number of halogens is 1. The lowest BCUT2D eigenvalue weighted by atomic mass is 10.2. The SMILES string of the molecule is Nc1cc(C(=O)O)c2oc(-c3ccccc3Cl)nc2c1. The molecule has 1 aromatic heterocycles. The number of carboxylic acid groups (broad SMARTS) is 1. The van der Waals surface area contributed by atoms with E-state index in [0.29, 0.717) is 21.8 Å². The van der Waals surface area contributed by atoms with Gasteiger partial charge in [-0.25, -0.2) is 9.78 Å². The third kappa shape index (κ3) is 1.98. The van der Waals surface area contributed by atoms with Crippen molar-refractivity contribution in [3.63, 3.8) is 0 Å². The number of aromatic nitrogens is 1. The van der Waals surface area contributed by atoms with E-state index in [1.807, 2.05) is 0 Å². The summed E-state index contributed by atoms with van der Waals surface area (Å²) in [4.78, 5) is 15.5. The normalized spacial score (nSPS) is 10.8. The largest absolute Gasteiger partial charge is 0.478 e. The van der Waals surface area contributed by atoms with Crippen molar-refractivity contribution in [1.82, 2.24) is 4.98 Å². The number of nitrogen functional groups attached to an aromatic ring is 1. The van der Waals surface area contributed by atoms with E-state index in [1.165, 1.54) is 6.07 Å². The van der Waals surface area contributed by atoms with Gasteiger partial charge in [-0.15, -0.1) is 0 Å². The molecule has 100 valence electrons. The van der Waals surface area contributed by atoms with Crippen LogP contribution in [0.1, 0.15) is 10.4 Å². The molecule has 0 atom stereocenters. The van der Waals surface area contributed by atoms with Crippen molar-refractivity contribution in [3.8, 4) is 11.5 Å². The Labute approximate surface area is 118 Å². The van der Waals surface area contributed by atoms with Crippen molar-refractivity contribution in [3.05, 3.63) is 47.0 Å². The van der Waals surface area contributed by atoms with E-state index < -0.39 is 5.97 Å². The maximum absolute atomic E-state index is 11.2. The lowest BCUT2D eigenvalue weighted by Gasteiger charge is -1.98. The molecule has 0 aliphatic carbocycles. The topological polar surface area (TPSA) is 89.4 Å². The average molecular weight is 289 g/mol. The molecule has 3 rings (SSSR count). The molecule has 0 radical (unpaired) electrons. The van der Waals surface area contributed by atoms with Crippen LogP contribution < -0.4 is 5.73 Å². The molecule has 3 N–H and O–H groups in total. The third-order valence-corrected chi connectivity index (χ3v) is 3.18. The van der Waals surface area contributed by atoms with Gasteiger partial charge in [0.25, 0.3) is 0 Å². The third-order valence-electron chi connectivity index (χ3n) is 2.85. The molecule has 0 amide bonds. The highest BCUT2D eigenvalue weighted by Crippen LogP contribution is 2.32. The van der Waals surface area contributed by atoms with Crippen LogP contribution >= 0.6 is 11.6 Å². The number of carboxylic acids is 1.